The highest BCUT2D eigenvalue weighted by molar-refractivity contribution is 5.98. The van der Waals surface area contributed by atoms with Crippen LogP contribution in [0, 0.1) is 5.92 Å². The number of hydrogen-bond acceptors (Lipinski definition) is 4. The zero-order chi connectivity index (χ0) is 13.0. The number of para-hydroxylation sites is 1. The van der Waals surface area contributed by atoms with E-state index in [1.54, 1.807) is 6.07 Å². The first kappa shape index (κ1) is 13.3. The van der Waals surface area contributed by atoms with E-state index >= 15 is 0 Å². The lowest BCUT2D eigenvalue weighted by atomic mass is 10.1. The first-order valence-electron chi connectivity index (χ1n) is 5.47. The van der Waals surface area contributed by atoms with Crippen molar-refractivity contribution < 1.29 is 15.0 Å². The van der Waals surface area contributed by atoms with E-state index in [-0.39, 0.29) is 29.5 Å². The van der Waals surface area contributed by atoms with E-state index in [1.807, 2.05) is 13.8 Å². The minimum absolute atomic E-state index is 0.0599. The molecular formula is C12H18N2O3. The number of phenolic OH excluding ortho intramolecular Hbond substituents is 1. The summed E-state index contributed by atoms with van der Waals surface area (Å²) >= 11 is 0. The number of aliphatic hydroxyl groups excluding tert-OH is 1. The van der Waals surface area contributed by atoms with Crippen LogP contribution in [0.2, 0.25) is 0 Å². The largest absolute Gasteiger partial charge is 0.505 e. The predicted octanol–water partition coefficient (Wildman–Crippen LogP) is 0.721. The second-order valence-electron chi connectivity index (χ2n) is 4.26. The first-order valence-corrected chi connectivity index (χ1v) is 5.47. The third kappa shape index (κ3) is 3.35. The number of carbonyl (C=O) groups is 1. The number of nitrogen functional groups attached to an aromatic ring is 1. The lowest BCUT2D eigenvalue weighted by Crippen LogP contribution is -2.34. The lowest BCUT2D eigenvalue weighted by molar-refractivity contribution is 0.0869. The van der Waals surface area contributed by atoms with E-state index in [0.717, 1.165) is 0 Å². The van der Waals surface area contributed by atoms with Crippen LogP contribution in [0.5, 0.6) is 5.75 Å². The topological polar surface area (TPSA) is 95.6 Å². The summed E-state index contributed by atoms with van der Waals surface area (Å²) in [5.74, 6) is -0.622. The molecule has 0 spiro atoms. The normalized spacial score (nSPS) is 12.5. The molecule has 0 bridgehead atoms. The summed E-state index contributed by atoms with van der Waals surface area (Å²) in [6.07, 6.45) is -0.609. The fraction of sp³-hybridized carbons (Fsp3) is 0.417. The quantitative estimate of drug-likeness (QED) is 0.459. The van der Waals surface area contributed by atoms with Gasteiger partial charge < -0.3 is 21.3 Å². The van der Waals surface area contributed by atoms with Crippen molar-refractivity contribution in [1.82, 2.24) is 5.32 Å². The molecule has 1 aromatic rings. The summed E-state index contributed by atoms with van der Waals surface area (Å²) in [5, 5.41) is 21.7. The third-order valence-corrected chi connectivity index (χ3v) is 2.55. The Balaban J connectivity index is 2.68. The Morgan fingerprint density at radius 2 is 2.12 bits per heavy atom. The molecule has 0 radical (unpaired) electrons. The maximum atomic E-state index is 11.7. The minimum atomic E-state index is -0.609. The SMILES string of the molecule is CC(C)C(O)CNC(=O)c1cccc(N)c1O. The van der Waals surface area contributed by atoms with Crippen molar-refractivity contribution >= 4 is 11.6 Å². The Hall–Kier alpha value is -1.75. The molecule has 0 aliphatic heterocycles. The van der Waals surface area contributed by atoms with Crippen molar-refractivity contribution in [3.8, 4) is 5.75 Å². The molecule has 5 nitrogen and oxygen atoms in total. The van der Waals surface area contributed by atoms with Crippen molar-refractivity contribution in [3.63, 3.8) is 0 Å². The van der Waals surface area contributed by atoms with Gasteiger partial charge in [0, 0.05) is 6.54 Å². The molecule has 0 saturated carbocycles. The molecule has 0 fully saturated rings. The smallest absolute Gasteiger partial charge is 0.255 e. The second kappa shape index (κ2) is 5.54. The van der Waals surface area contributed by atoms with Crippen LogP contribution in [-0.2, 0) is 0 Å². The van der Waals surface area contributed by atoms with E-state index in [1.165, 1.54) is 12.1 Å². The number of nitrogens with two attached hydrogens (primary N) is 1. The van der Waals surface area contributed by atoms with Crippen molar-refractivity contribution in [3.05, 3.63) is 23.8 Å². The predicted molar refractivity (Wildman–Crippen MR) is 65.7 cm³/mol. The molecule has 17 heavy (non-hydrogen) atoms. The number of amides is 1. The highest BCUT2D eigenvalue weighted by Crippen LogP contribution is 2.24. The Kier molecular flexibility index (Phi) is 4.34. The number of aromatic hydroxyl groups is 1. The molecule has 0 aromatic heterocycles. The minimum Gasteiger partial charge on any atom is -0.505 e. The van der Waals surface area contributed by atoms with Crippen LogP contribution in [0.4, 0.5) is 5.69 Å². The van der Waals surface area contributed by atoms with E-state index in [9.17, 15) is 15.0 Å². The molecule has 1 unspecified atom stereocenters. The van der Waals surface area contributed by atoms with Gasteiger partial charge in [-0.25, -0.2) is 0 Å². The van der Waals surface area contributed by atoms with Crippen LogP contribution in [0.25, 0.3) is 0 Å². The van der Waals surface area contributed by atoms with E-state index < -0.39 is 12.0 Å². The molecule has 0 heterocycles. The molecule has 94 valence electrons. The average Bonchev–Trinajstić information content (AvgIpc) is 2.29. The van der Waals surface area contributed by atoms with Gasteiger partial charge in [-0.3, -0.25) is 4.79 Å². The van der Waals surface area contributed by atoms with Crippen molar-refractivity contribution in [1.29, 1.82) is 0 Å². The number of phenols is 1. The summed E-state index contributed by atoms with van der Waals surface area (Å²) in [4.78, 5) is 11.7. The van der Waals surface area contributed by atoms with Gasteiger partial charge in [0.15, 0.2) is 5.75 Å². The Bertz CT molecular complexity index is 405. The van der Waals surface area contributed by atoms with Crippen molar-refractivity contribution in [2.24, 2.45) is 5.92 Å². The molecule has 5 N–H and O–H groups in total. The van der Waals surface area contributed by atoms with E-state index in [2.05, 4.69) is 5.32 Å². The molecular weight excluding hydrogens is 220 g/mol. The summed E-state index contributed by atoms with van der Waals surface area (Å²) in [7, 11) is 0. The number of benzene rings is 1. The van der Waals surface area contributed by atoms with Gasteiger partial charge >= 0.3 is 0 Å². The zero-order valence-electron chi connectivity index (χ0n) is 9.97. The number of carbonyl (C=O) groups excluding carboxylic acids is 1. The van der Waals surface area contributed by atoms with Gasteiger partial charge in [0.2, 0.25) is 0 Å². The van der Waals surface area contributed by atoms with Crippen LogP contribution < -0.4 is 11.1 Å². The number of rotatable bonds is 4. The summed E-state index contributed by atoms with van der Waals surface area (Å²) in [6.45, 7) is 3.86. The number of anilines is 1. The van der Waals surface area contributed by atoms with Crippen LogP contribution >= 0.6 is 0 Å². The van der Waals surface area contributed by atoms with Gasteiger partial charge in [-0.15, -0.1) is 0 Å². The lowest BCUT2D eigenvalue weighted by Gasteiger charge is -2.15. The van der Waals surface area contributed by atoms with Crippen molar-refractivity contribution in [2.75, 3.05) is 12.3 Å². The van der Waals surface area contributed by atoms with Crippen LogP contribution in [0.15, 0.2) is 18.2 Å². The maximum Gasteiger partial charge on any atom is 0.255 e. The summed E-state index contributed by atoms with van der Waals surface area (Å²) in [5.41, 5.74) is 5.75. The van der Waals surface area contributed by atoms with Crippen LogP contribution in [0.1, 0.15) is 24.2 Å². The highest BCUT2D eigenvalue weighted by atomic mass is 16.3. The molecule has 5 heteroatoms. The van der Waals surface area contributed by atoms with Crippen molar-refractivity contribution in [2.45, 2.75) is 20.0 Å². The van der Waals surface area contributed by atoms with Crippen LogP contribution in [-0.4, -0.2) is 28.8 Å². The third-order valence-electron chi connectivity index (χ3n) is 2.55. The van der Waals surface area contributed by atoms with Gasteiger partial charge in [0.1, 0.15) is 0 Å². The summed E-state index contributed by atoms with van der Waals surface area (Å²) in [6, 6.07) is 4.57. The van der Waals surface area contributed by atoms with Crippen LogP contribution in [0.3, 0.4) is 0 Å². The monoisotopic (exact) mass is 238 g/mol. The zero-order valence-corrected chi connectivity index (χ0v) is 9.97. The van der Waals surface area contributed by atoms with Gasteiger partial charge in [0.05, 0.1) is 17.4 Å². The fourth-order valence-corrected chi connectivity index (χ4v) is 1.27. The Labute approximate surface area is 100 Å². The summed E-state index contributed by atoms with van der Waals surface area (Å²) < 4.78 is 0. The number of aliphatic hydroxyl groups is 1. The van der Waals surface area contributed by atoms with E-state index in [4.69, 9.17) is 5.73 Å². The number of nitrogens with one attached hydrogen (secondary N) is 1. The highest BCUT2D eigenvalue weighted by Gasteiger charge is 2.15. The molecule has 0 aliphatic rings. The molecule has 1 aromatic carbocycles. The second-order valence-corrected chi connectivity index (χ2v) is 4.26. The number of hydrogen-bond donors (Lipinski definition) is 4. The molecule has 1 rings (SSSR count). The average molecular weight is 238 g/mol. The molecule has 1 atom stereocenters. The first-order chi connectivity index (χ1) is 7.93. The maximum absolute atomic E-state index is 11.7. The Morgan fingerprint density at radius 1 is 1.47 bits per heavy atom. The van der Waals surface area contributed by atoms with Gasteiger partial charge in [-0.05, 0) is 18.1 Å². The fourth-order valence-electron chi connectivity index (χ4n) is 1.27. The van der Waals surface area contributed by atoms with Gasteiger partial charge in [0.25, 0.3) is 5.91 Å². The molecule has 0 aliphatic carbocycles. The van der Waals surface area contributed by atoms with Gasteiger partial charge in [-0.1, -0.05) is 19.9 Å². The van der Waals surface area contributed by atoms with E-state index in [0.29, 0.717) is 0 Å². The Morgan fingerprint density at radius 3 is 2.71 bits per heavy atom. The molecule has 0 saturated heterocycles. The standard InChI is InChI=1S/C12H18N2O3/c1-7(2)10(15)6-14-12(17)8-4-3-5-9(13)11(8)16/h3-5,7,10,15-16H,6,13H2,1-2H3,(H,14,17). The van der Waals surface area contributed by atoms with Gasteiger partial charge in [-0.2, -0.15) is 0 Å². The molecule has 1 amide bonds.